The topological polar surface area (TPSA) is 45.7 Å². The number of carbonyl (C=O) groups excluding carboxylic acids is 1. The van der Waals surface area contributed by atoms with Crippen LogP contribution in [0, 0.1) is 20.8 Å². The van der Waals surface area contributed by atoms with E-state index in [1.807, 2.05) is 44.2 Å². The average Bonchev–Trinajstić information content (AvgIpc) is 3.20. The zero-order valence-electron chi connectivity index (χ0n) is 18.0. The number of rotatable bonds is 5. The lowest BCUT2D eigenvalue weighted by Gasteiger charge is -2.29. The molecule has 0 bridgehead atoms. The lowest BCUT2D eigenvalue weighted by Crippen LogP contribution is -2.43. The minimum absolute atomic E-state index is 0. The summed E-state index contributed by atoms with van der Waals surface area (Å²) in [4.78, 5) is 22.5. The van der Waals surface area contributed by atoms with E-state index < -0.39 is 0 Å². The Morgan fingerprint density at radius 1 is 1.13 bits per heavy atom. The number of aromatic nitrogens is 1. The van der Waals surface area contributed by atoms with E-state index in [0.29, 0.717) is 22.3 Å². The molecule has 8 heteroatoms. The summed E-state index contributed by atoms with van der Waals surface area (Å²) in [6.07, 6.45) is 0. The maximum atomic E-state index is 13.5. The van der Waals surface area contributed by atoms with Crippen LogP contribution in [0.1, 0.15) is 27.0 Å². The second-order valence-corrected chi connectivity index (χ2v) is 9.13. The molecule has 5 nitrogen and oxygen atoms in total. The van der Waals surface area contributed by atoms with Crippen molar-refractivity contribution in [1.82, 2.24) is 9.88 Å². The van der Waals surface area contributed by atoms with Gasteiger partial charge in [-0.05, 0) is 55.7 Å². The Morgan fingerprint density at radius 3 is 2.52 bits per heavy atom. The van der Waals surface area contributed by atoms with Gasteiger partial charge >= 0.3 is 0 Å². The van der Waals surface area contributed by atoms with Crippen molar-refractivity contribution in [2.75, 3.05) is 44.3 Å². The summed E-state index contributed by atoms with van der Waals surface area (Å²) in [5, 5.41) is 1.36. The molecule has 31 heavy (non-hydrogen) atoms. The van der Waals surface area contributed by atoms with Gasteiger partial charge in [0, 0.05) is 31.7 Å². The van der Waals surface area contributed by atoms with E-state index in [4.69, 9.17) is 21.3 Å². The number of carbonyl (C=O) groups is 1. The molecule has 2 aromatic carbocycles. The molecule has 0 aliphatic carbocycles. The van der Waals surface area contributed by atoms with Gasteiger partial charge in [-0.15, -0.1) is 12.4 Å². The molecule has 0 spiro atoms. The molecule has 3 aromatic rings. The Morgan fingerprint density at radius 2 is 1.84 bits per heavy atom. The Kier molecular flexibility index (Phi) is 7.94. The van der Waals surface area contributed by atoms with Crippen LogP contribution in [-0.2, 0) is 4.74 Å². The number of fused-ring (bicyclic) bond motifs is 1. The fraction of sp³-hybridized carbons (Fsp3) is 0.391. The first kappa shape index (κ1) is 24.0. The van der Waals surface area contributed by atoms with Gasteiger partial charge < -0.3 is 4.74 Å². The molecule has 1 amide bonds. The van der Waals surface area contributed by atoms with Gasteiger partial charge in [0.25, 0.3) is 5.91 Å². The molecule has 0 atom stereocenters. The van der Waals surface area contributed by atoms with Gasteiger partial charge in [0.1, 0.15) is 0 Å². The van der Waals surface area contributed by atoms with Crippen LogP contribution < -0.4 is 4.90 Å². The van der Waals surface area contributed by atoms with Crippen molar-refractivity contribution in [3.05, 3.63) is 57.6 Å². The number of nitrogens with zero attached hydrogens (tertiary/aromatic N) is 3. The Labute approximate surface area is 198 Å². The second-order valence-electron chi connectivity index (χ2n) is 7.75. The summed E-state index contributed by atoms with van der Waals surface area (Å²) in [5.41, 5.74) is 4.89. The van der Waals surface area contributed by atoms with Crippen LogP contribution >= 0.6 is 35.3 Å². The smallest absolute Gasteiger partial charge is 0.260 e. The molecule has 166 valence electrons. The zero-order chi connectivity index (χ0) is 21.3. The van der Waals surface area contributed by atoms with E-state index in [2.05, 4.69) is 11.8 Å². The van der Waals surface area contributed by atoms with E-state index in [9.17, 15) is 4.79 Å². The first-order valence-corrected chi connectivity index (χ1v) is 11.4. The van der Waals surface area contributed by atoms with Crippen molar-refractivity contribution < 1.29 is 9.53 Å². The van der Waals surface area contributed by atoms with E-state index >= 15 is 0 Å². The molecule has 0 saturated carbocycles. The van der Waals surface area contributed by atoms with Crippen LogP contribution in [0.25, 0.3) is 10.2 Å². The molecule has 0 N–H and O–H groups in total. The molecule has 0 unspecified atom stereocenters. The molecule has 4 rings (SSSR count). The number of hydrogen-bond acceptors (Lipinski definition) is 5. The lowest BCUT2D eigenvalue weighted by molar-refractivity contribution is 0.0391. The third-order valence-electron chi connectivity index (χ3n) is 5.66. The first-order valence-electron chi connectivity index (χ1n) is 10.2. The van der Waals surface area contributed by atoms with Crippen molar-refractivity contribution in [2.24, 2.45) is 0 Å². The number of aryl methyl sites for hydroxylation is 3. The number of ether oxygens (including phenoxy) is 1. The highest BCUT2D eigenvalue weighted by molar-refractivity contribution is 7.23. The number of thiazole rings is 1. The normalized spacial score (nSPS) is 14.5. The van der Waals surface area contributed by atoms with Gasteiger partial charge in [0.15, 0.2) is 5.13 Å². The van der Waals surface area contributed by atoms with Crippen molar-refractivity contribution in [3.63, 3.8) is 0 Å². The molecular formula is C23H27Cl2N3O2S. The number of anilines is 1. The number of hydrogen-bond donors (Lipinski definition) is 0. The van der Waals surface area contributed by atoms with Crippen LogP contribution in [0.5, 0.6) is 0 Å². The Balaban J connectivity index is 0.00000272. The Hall–Kier alpha value is -1.70. The summed E-state index contributed by atoms with van der Waals surface area (Å²) in [6.45, 7) is 10.7. The SMILES string of the molecule is Cc1ccc(C(=O)N(CCN2CCOCC2)c2nc3c(C)ccc(Cl)c3s2)cc1C.Cl. The number of benzene rings is 2. The number of morpholine rings is 1. The summed E-state index contributed by atoms with van der Waals surface area (Å²) in [7, 11) is 0. The molecule has 1 fully saturated rings. The minimum Gasteiger partial charge on any atom is -0.379 e. The van der Waals surface area contributed by atoms with Crippen LogP contribution in [0.4, 0.5) is 5.13 Å². The van der Waals surface area contributed by atoms with Crippen molar-refractivity contribution >= 4 is 56.6 Å². The van der Waals surface area contributed by atoms with E-state index in [0.717, 1.165) is 54.2 Å². The molecule has 0 radical (unpaired) electrons. The summed E-state index contributed by atoms with van der Waals surface area (Å²) < 4.78 is 6.38. The van der Waals surface area contributed by atoms with Gasteiger partial charge in [-0.1, -0.05) is 35.1 Å². The van der Waals surface area contributed by atoms with E-state index in [1.54, 1.807) is 4.90 Å². The third kappa shape index (κ3) is 5.21. The fourth-order valence-corrected chi connectivity index (χ4v) is 4.93. The molecular weight excluding hydrogens is 453 g/mol. The summed E-state index contributed by atoms with van der Waals surface area (Å²) in [6, 6.07) is 9.73. The summed E-state index contributed by atoms with van der Waals surface area (Å²) in [5.74, 6) is -0.0285. The lowest BCUT2D eigenvalue weighted by atomic mass is 10.1. The van der Waals surface area contributed by atoms with Gasteiger partial charge in [-0.2, -0.15) is 0 Å². The van der Waals surface area contributed by atoms with Crippen LogP contribution in [0.3, 0.4) is 0 Å². The second kappa shape index (κ2) is 10.3. The van der Waals surface area contributed by atoms with Gasteiger partial charge in [0.2, 0.25) is 0 Å². The van der Waals surface area contributed by atoms with Crippen LogP contribution in [0.2, 0.25) is 5.02 Å². The third-order valence-corrected chi connectivity index (χ3v) is 7.20. The highest BCUT2D eigenvalue weighted by Crippen LogP contribution is 2.36. The number of amides is 1. The quantitative estimate of drug-likeness (QED) is 0.499. The van der Waals surface area contributed by atoms with Gasteiger partial charge in [0.05, 0.1) is 28.5 Å². The monoisotopic (exact) mass is 479 g/mol. The largest absolute Gasteiger partial charge is 0.379 e. The highest BCUT2D eigenvalue weighted by Gasteiger charge is 2.24. The van der Waals surface area contributed by atoms with Crippen LogP contribution in [-0.4, -0.2) is 55.2 Å². The predicted octanol–water partition coefficient (Wildman–Crippen LogP) is 5.28. The van der Waals surface area contributed by atoms with Crippen molar-refractivity contribution in [3.8, 4) is 0 Å². The molecule has 1 saturated heterocycles. The minimum atomic E-state index is -0.0285. The molecule has 1 aliphatic heterocycles. The highest BCUT2D eigenvalue weighted by atomic mass is 35.5. The van der Waals surface area contributed by atoms with Gasteiger partial charge in [-0.3, -0.25) is 14.6 Å². The Bertz CT molecular complexity index is 1040. The van der Waals surface area contributed by atoms with Crippen molar-refractivity contribution in [2.45, 2.75) is 20.8 Å². The average molecular weight is 480 g/mol. The predicted molar refractivity (Wildman–Crippen MR) is 131 cm³/mol. The molecule has 2 heterocycles. The van der Waals surface area contributed by atoms with E-state index in [1.165, 1.54) is 16.9 Å². The van der Waals surface area contributed by atoms with Crippen molar-refractivity contribution in [1.29, 1.82) is 0 Å². The van der Waals surface area contributed by atoms with Crippen LogP contribution in [0.15, 0.2) is 30.3 Å². The fourth-order valence-electron chi connectivity index (χ4n) is 3.59. The van der Waals surface area contributed by atoms with E-state index in [-0.39, 0.29) is 18.3 Å². The zero-order valence-corrected chi connectivity index (χ0v) is 20.4. The maximum absolute atomic E-state index is 13.5. The molecule has 1 aromatic heterocycles. The first-order chi connectivity index (χ1) is 14.4. The summed E-state index contributed by atoms with van der Waals surface area (Å²) >= 11 is 7.91. The van der Waals surface area contributed by atoms with Gasteiger partial charge in [-0.25, -0.2) is 4.98 Å². The molecule has 1 aliphatic rings. The standard InChI is InChI=1S/C23H26ClN3O2S.ClH/c1-15-4-6-18(14-17(15)3)22(28)27(9-8-26-10-12-29-13-11-26)23-25-20-16(2)5-7-19(24)21(20)30-23;/h4-7,14H,8-13H2,1-3H3;1H. The number of halogens is 2. The maximum Gasteiger partial charge on any atom is 0.260 e.